The Labute approximate surface area is 157 Å². The molecule has 3 atom stereocenters. The van der Waals surface area contributed by atoms with Gasteiger partial charge in [-0.15, -0.1) is 11.8 Å². The monoisotopic (exact) mass is 363 g/mol. The zero-order chi connectivity index (χ0) is 18.1. The van der Waals surface area contributed by atoms with E-state index in [0.717, 1.165) is 0 Å². The van der Waals surface area contributed by atoms with Crippen molar-refractivity contribution in [2.24, 2.45) is 5.92 Å². The van der Waals surface area contributed by atoms with Crippen LogP contribution in [-0.4, -0.2) is 30.4 Å². The van der Waals surface area contributed by atoms with E-state index in [4.69, 9.17) is 4.84 Å². The molecule has 1 saturated carbocycles. The molecule has 1 aliphatic rings. The van der Waals surface area contributed by atoms with Crippen molar-refractivity contribution in [2.45, 2.75) is 16.1 Å². The van der Waals surface area contributed by atoms with E-state index in [9.17, 15) is 4.79 Å². The molecule has 3 nitrogen and oxygen atoms in total. The summed E-state index contributed by atoms with van der Waals surface area (Å²) >= 11 is 1.78. The summed E-state index contributed by atoms with van der Waals surface area (Å²) in [6, 6.07) is 25.0. The van der Waals surface area contributed by atoms with Crippen LogP contribution < -0.4 is 0 Å². The summed E-state index contributed by atoms with van der Waals surface area (Å²) in [6.07, 6.45) is 0. The molecule has 4 heteroatoms. The summed E-state index contributed by atoms with van der Waals surface area (Å²) in [4.78, 5) is 19.2. The van der Waals surface area contributed by atoms with Gasteiger partial charge >= 0.3 is 0 Å². The molecule has 1 amide bonds. The fraction of sp³-hybridized carbons (Fsp3) is 0.227. The van der Waals surface area contributed by atoms with Crippen LogP contribution in [0.2, 0.25) is 0 Å². The molecule has 1 aliphatic carbocycles. The number of hydroxylamine groups is 2. The molecule has 3 aromatic carbocycles. The van der Waals surface area contributed by atoms with Gasteiger partial charge in [0.25, 0.3) is 5.91 Å². The van der Waals surface area contributed by atoms with Crippen molar-refractivity contribution in [2.75, 3.05) is 14.2 Å². The van der Waals surface area contributed by atoms with Crippen LogP contribution in [0.25, 0.3) is 10.8 Å². The fourth-order valence-corrected chi connectivity index (χ4v) is 5.02. The topological polar surface area (TPSA) is 29.5 Å². The van der Waals surface area contributed by atoms with Gasteiger partial charge in [-0.05, 0) is 28.5 Å². The van der Waals surface area contributed by atoms with E-state index < -0.39 is 0 Å². The van der Waals surface area contributed by atoms with E-state index in [1.165, 1.54) is 33.4 Å². The number of carbonyl (C=O) groups is 1. The van der Waals surface area contributed by atoms with Crippen LogP contribution in [0.5, 0.6) is 0 Å². The number of thioether (sulfide) groups is 1. The van der Waals surface area contributed by atoms with E-state index in [1.807, 2.05) is 18.2 Å². The first kappa shape index (κ1) is 17.1. The van der Waals surface area contributed by atoms with E-state index in [-0.39, 0.29) is 23.0 Å². The van der Waals surface area contributed by atoms with Crippen molar-refractivity contribution < 1.29 is 9.63 Å². The van der Waals surface area contributed by atoms with E-state index in [0.29, 0.717) is 0 Å². The van der Waals surface area contributed by atoms with Crippen molar-refractivity contribution in [3.05, 3.63) is 78.4 Å². The maximum Gasteiger partial charge on any atom is 0.250 e. The summed E-state index contributed by atoms with van der Waals surface area (Å²) in [5, 5.41) is 4.02. The van der Waals surface area contributed by atoms with Crippen molar-refractivity contribution in [3.63, 3.8) is 0 Å². The Morgan fingerprint density at radius 2 is 1.65 bits per heavy atom. The molecule has 0 N–H and O–H groups in total. The molecule has 1 fully saturated rings. The number of carbonyl (C=O) groups excluding carboxylic acids is 1. The van der Waals surface area contributed by atoms with E-state index >= 15 is 0 Å². The van der Waals surface area contributed by atoms with Gasteiger partial charge in [0.2, 0.25) is 0 Å². The van der Waals surface area contributed by atoms with Crippen LogP contribution in [0, 0.1) is 5.92 Å². The summed E-state index contributed by atoms with van der Waals surface area (Å²) in [6.45, 7) is 0. The molecule has 26 heavy (non-hydrogen) atoms. The predicted octanol–water partition coefficient (Wildman–Crippen LogP) is 4.73. The lowest BCUT2D eigenvalue weighted by Crippen LogP contribution is -2.28. The average Bonchev–Trinajstić information content (AvgIpc) is 3.40. The standard InChI is InChI=1S/C22H21NO2S/c1-23(25-2)22(24)20-19(21(20)26-16-11-4-3-5-12-16)18-14-8-10-15-9-6-7-13-17(15)18/h3-14,19-21H,1-2H3/t19-,20-,21-/m1/s1. The van der Waals surface area contributed by atoms with Crippen LogP contribution in [-0.2, 0) is 9.63 Å². The molecule has 3 aromatic rings. The predicted molar refractivity (Wildman–Crippen MR) is 106 cm³/mol. The minimum Gasteiger partial charge on any atom is -0.275 e. The van der Waals surface area contributed by atoms with Crippen LogP contribution in [0.15, 0.2) is 77.7 Å². The van der Waals surface area contributed by atoms with E-state index in [1.54, 1.807) is 18.8 Å². The molecule has 132 valence electrons. The molecule has 0 aromatic heterocycles. The summed E-state index contributed by atoms with van der Waals surface area (Å²) in [7, 11) is 3.22. The molecule has 0 radical (unpaired) electrons. The second kappa shape index (κ2) is 7.14. The smallest absolute Gasteiger partial charge is 0.250 e. The molecule has 0 saturated heterocycles. The highest BCUT2D eigenvalue weighted by Crippen LogP contribution is 2.58. The molecule has 0 unspecified atom stereocenters. The van der Waals surface area contributed by atoms with Gasteiger partial charge in [0, 0.05) is 23.1 Å². The van der Waals surface area contributed by atoms with Crippen LogP contribution >= 0.6 is 11.8 Å². The van der Waals surface area contributed by atoms with Gasteiger partial charge < -0.3 is 0 Å². The maximum atomic E-state index is 12.8. The van der Waals surface area contributed by atoms with E-state index in [2.05, 4.69) is 54.6 Å². The number of fused-ring (bicyclic) bond motifs is 1. The summed E-state index contributed by atoms with van der Waals surface area (Å²) < 4.78 is 0. The maximum absolute atomic E-state index is 12.8. The Morgan fingerprint density at radius 3 is 2.42 bits per heavy atom. The Bertz CT molecular complexity index is 922. The normalized spacial score (nSPS) is 21.5. The molecule has 0 heterocycles. The largest absolute Gasteiger partial charge is 0.275 e. The quantitative estimate of drug-likeness (QED) is 0.614. The Hall–Kier alpha value is -2.30. The third-order valence-electron chi connectivity index (χ3n) is 5.02. The van der Waals surface area contributed by atoms with Crippen LogP contribution in [0.1, 0.15) is 11.5 Å². The number of nitrogens with zero attached hydrogens (tertiary/aromatic N) is 1. The third-order valence-corrected chi connectivity index (χ3v) is 6.42. The van der Waals surface area contributed by atoms with Crippen molar-refractivity contribution in [1.82, 2.24) is 5.06 Å². The average molecular weight is 363 g/mol. The number of hydrogen-bond donors (Lipinski definition) is 0. The molecular formula is C22H21NO2S. The second-order valence-electron chi connectivity index (χ2n) is 6.53. The summed E-state index contributed by atoms with van der Waals surface area (Å²) in [5.74, 6) is 0.159. The highest BCUT2D eigenvalue weighted by atomic mass is 32.2. The number of rotatable bonds is 5. The molecule has 0 spiro atoms. The van der Waals surface area contributed by atoms with Gasteiger partial charge in [-0.1, -0.05) is 60.7 Å². The van der Waals surface area contributed by atoms with Gasteiger partial charge in [0.15, 0.2) is 0 Å². The molecule has 4 rings (SSSR count). The fourth-order valence-electron chi connectivity index (χ4n) is 3.59. The van der Waals surface area contributed by atoms with Crippen molar-refractivity contribution >= 4 is 28.4 Å². The Kier molecular flexibility index (Phi) is 4.70. The first-order chi connectivity index (χ1) is 12.7. The molecular weight excluding hydrogens is 342 g/mol. The third kappa shape index (κ3) is 3.11. The van der Waals surface area contributed by atoms with Gasteiger partial charge in [-0.3, -0.25) is 9.63 Å². The Balaban J connectivity index is 1.70. The SMILES string of the molecule is CON(C)C(=O)[C@H]1[C@H](Sc2ccccc2)[C@@H]1c1cccc2ccccc12. The van der Waals surface area contributed by atoms with Crippen molar-refractivity contribution in [3.8, 4) is 0 Å². The van der Waals surface area contributed by atoms with Crippen molar-refractivity contribution in [1.29, 1.82) is 0 Å². The first-order valence-corrected chi connectivity index (χ1v) is 9.59. The lowest BCUT2D eigenvalue weighted by atomic mass is 10.00. The zero-order valence-electron chi connectivity index (χ0n) is 14.8. The first-order valence-electron chi connectivity index (χ1n) is 8.71. The highest BCUT2D eigenvalue weighted by Gasteiger charge is 2.57. The molecule has 0 aliphatic heterocycles. The second-order valence-corrected chi connectivity index (χ2v) is 7.79. The van der Waals surface area contributed by atoms with Gasteiger partial charge in [-0.2, -0.15) is 0 Å². The Morgan fingerprint density at radius 1 is 0.962 bits per heavy atom. The lowest BCUT2D eigenvalue weighted by molar-refractivity contribution is -0.170. The number of benzene rings is 3. The van der Waals surface area contributed by atoms with Crippen LogP contribution in [0.4, 0.5) is 0 Å². The minimum atomic E-state index is -0.0732. The minimum absolute atomic E-state index is 0.0406. The number of amides is 1. The van der Waals surface area contributed by atoms with Crippen LogP contribution in [0.3, 0.4) is 0 Å². The highest BCUT2D eigenvalue weighted by molar-refractivity contribution is 8.00. The lowest BCUT2D eigenvalue weighted by Gasteiger charge is -2.13. The molecule has 0 bridgehead atoms. The summed E-state index contributed by atoms with van der Waals surface area (Å²) in [5.41, 5.74) is 1.25. The zero-order valence-corrected chi connectivity index (χ0v) is 15.6. The van der Waals surface area contributed by atoms with Gasteiger partial charge in [0.05, 0.1) is 13.0 Å². The van der Waals surface area contributed by atoms with Gasteiger partial charge in [0.1, 0.15) is 0 Å². The number of hydrogen-bond acceptors (Lipinski definition) is 3. The van der Waals surface area contributed by atoms with Gasteiger partial charge in [-0.25, -0.2) is 5.06 Å².